The lowest BCUT2D eigenvalue weighted by Crippen LogP contribution is -2.05. The molecule has 0 aliphatic rings. The first-order chi connectivity index (χ1) is 7.29. The fourth-order valence-electron chi connectivity index (χ4n) is 1.19. The summed E-state index contributed by atoms with van der Waals surface area (Å²) in [6.45, 7) is 1.36. The highest BCUT2D eigenvalue weighted by Crippen LogP contribution is 2.40. The molecule has 0 fully saturated rings. The molecule has 0 bridgehead atoms. The third kappa shape index (κ3) is 4.32. The van der Waals surface area contributed by atoms with Crippen molar-refractivity contribution in [1.29, 1.82) is 0 Å². The van der Waals surface area contributed by atoms with E-state index in [0.29, 0.717) is 9.13 Å². The van der Waals surface area contributed by atoms with E-state index in [4.69, 9.17) is 0 Å². The van der Waals surface area contributed by atoms with Gasteiger partial charge in [0.05, 0.1) is 0 Å². The minimum absolute atomic E-state index is 0.0370. The van der Waals surface area contributed by atoms with Crippen molar-refractivity contribution in [3.63, 3.8) is 0 Å². The van der Waals surface area contributed by atoms with E-state index in [1.54, 1.807) is 18.2 Å². The average molecular weight is 360 g/mol. The molecule has 6 heteroatoms. The van der Waals surface area contributed by atoms with E-state index in [-0.39, 0.29) is 28.9 Å². The van der Waals surface area contributed by atoms with Gasteiger partial charge >= 0.3 is 5.51 Å². The lowest BCUT2D eigenvalue weighted by atomic mass is 10.1. The number of halogens is 4. The fraction of sp³-hybridized carbons (Fsp3) is 0.300. The van der Waals surface area contributed by atoms with Gasteiger partial charge in [0, 0.05) is 14.9 Å². The third-order valence-corrected chi connectivity index (χ3v) is 3.89. The highest BCUT2D eigenvalue weighted by Gasteiger charge is 2.31. The maximum Gasteiger partial charge on any atom is 0.446 e. The second-order valence-corrected chi connectivity index (χ2v) is 5.39. The van der Waals surface area contributed by atoms with Crippen LogP contribution in [0.3, 0.4) is 0 Å². The summed E-state index contributed by atoms with van der Waals surface area (Å²) >= 11 is 1.68. The van der Waals surface area contributed by atoms with Crippen LogP contribution in [0, 0.1) is 3.57 Å². The van der Waals surface area contributed by atoms with Crippen molar-refractivity contribution in [2.45, 2.75) is 23.7 Å². The Morgan fingerprint density at radius 1 is 1.44 bits per heavy atom. The molecule has 0 aliphatic carbocycles. The number of Topliss-reactive ketones (excluding diaryl/α,β-unsaturated/α-hetero) is 1. The zero-order valence-electron chi connectivity index (χ0n) is 8.27. The summed E-state index contributed by atoms with van der Waals surface area (Å²) in [5.74, 6) is -0.147. The van der Waals surface area contributed by atoms with E-state index in [1.807, 2.05) is 22.6 Å². The minimum atomic E-state index is -4.33. The first kappa shape index (κ1) is 13.8. The second-order valence-electron chi connectivity index (χ2n) is 3.15. The van der Waals surface area contributed by atoms with Crippen LogP contribution >= 0.6 is 34.4 Å². The first-order valence-electron chi connectivity index (χ1n) is 4.32. The lowest BCUT2D eigenvalue weighted by Gasteiger charge is -2.11. The minimum Gasteiger partial charge on any atom is -0.300 e. The molecule has 16 heavy (non-hydrogen) atoms. The quantitative estimate of drug-likeness (QED) is 0.598. The molecule has 0 amide bonds. The van der Waals surface area contributed by atoms with Crippen LogP contribution in [0.4, 0.5) is 13.2 Å². The molecule has 0 atom stereocenters. The van der Waals surface area contributed by atoms with E-state index in [9.17, 15) is 18.0 Å². The van der Waals surface area contributed by atoms with Crippen LogP contribution in [0.2, 0.25) is 0 Å². The van der Waals surface area contributed by atoms with Crippen molar-refractivity contribution in [2.75, 3.05) is 0 Å². The predicted molar refractivity (Wildman–Crippen MR) is 65.5 cm³/mol. The van der Waals surface area contributed by atoms with Crippen molar-refractivity contribution >= 4 is 40.1 Å². The molecule has 0 unspecified atom stereocenters. The van der Waals surface area contributed by atoms with Crippen LogP contribution in [0.5, 0.6) is 0 Å². The molecule has 1 aromatic carbocycles. The third-order valence-electron chi connectivity index (χ3n) is 1.71. The topological polar surface area (TPSA) is 17.1 Å². The van der Waals surface area contributed by atoms with Crippen molar-refractivity contribution in [3.05, 3.63) is 27.3 Å². The van der Waals surface area contributed by atoms with Gasteiger partial charge in [-0.1, -0.05) is 12.1 Å². The summed E-state index contributed by atoms with van der Waals surface area (Å²) in [5, 5.41) is 0. The highest BCUT2D eigenvalue weighted by atomic mass is 127. The van der Waals surface area contributed by atoms with Crippen molar-refractivity contribution in [1.82, 2.24) is 0 Å². The van der Waals surface area contributed by atoms with Gasteiger partial charge in [-0.15, -0.1) is 0 Å². The standard InChI is InChI=1S/C10H8F3IOS/c1-6(15)5-7-3-2-4-8(14)9(7)16-10(11,12)13/h2-4H,5H2,1H3. The Labute approximate surface area is 109 Å². The van der Waals surface area contributed by atoms with Crippen molar-refractivity contribution in [2.24, 2.45) is 0 Å². The van der Waals surface area contributed by atoms with Gasteiger partial charge < -0.3 is 0 Å². The molecule has 1 nitrogen and oxygen atoms in total. The Kier molecular flexibility index (Phi) is 4.66. The number of rotatable bonds is 3. The number of thioether (sulfide) groups is 1. The summed E-state index contributed by atoms with van der Waals surface area (Å²) in [7, 11) is 0. The van der Waals surface area contributed by atoms with Gasteiger partial charge in [0.1, 0.15) is 5.78 Å². The van der Waals surface area contributed by atoms with Crippen LogP contribution in [-0.4, -0.2) is 11.3 Å². The molecule has 0 radical (unpaired) electrons. The molecular weight excluding hydrogens is 352 g/mol. The van der Waals surface area contributed by atoms with E-state index < -0.39 is 5.51 Å². The Hall–Kier alpha value is -0.240. The van der Waals surface area contributed by atoms with Crippen LogP contribution in [0.25, 0.3) is 0 Å². The number of carbonyl (C=O) groups is 1. The van der Waals surface area contributed by atoms with Gasteiger partial charge in [-0.25, -0.2) is 0 Å². The largest absolute Gasteiger partial charge is 0.446 e. The van der Waals surface area contributed by atoms with E-state index in [0.717, 1.165) is 0 Å². The Bertz CT molecular complexity index is 404. The molecule has 0 aliphatic heterocycles. The van der Waals surface area contributed by atoms with Gasteiger partial charge in [0.25, 0.3) is 0 Å². The normalized spacial score (nSPS) is 11.6. The van der Waals surface area contributed by atoms with Gasteiger partial charge in [-0.05, 0) is 52.9 Å². The number of hydrogen-bond acceptors (Lipinski definition) is 2. The fourth-order valence-corrected chi connectivity index (χ4v) is 2.74. The van der Waals surface area contributed by atoms with E-state index in [1.165, 1.54) is 6.92 Å². The maximum absolute atomic E-state index is 12.3. The van der Waals surface area contributed by atoms with Crippen LogP contribution in [0.1, 0.15) is 12.5 Å². The molecule has 0 heterocycles. The number of carbonyl (C=O) groups excluding carboxylic acids is 1. The predicted octanol–water partition coefficient (Wildman–Crippen LogP) is 4.03. The SMILES string of the molecule is CC(=O)Cc1cccc(I)c1SC(F)(F)F. The summed E-state index contributed by atoms with van der Waals surface area (Å²) < 4.78 is 37.5. The molecule has 1 rings (SSSR count). The summed E-state index contributed by atoms with van der Waals surface area (Å²) in [6.07, 6.45) is 0.0370. The number of alkyl halides is 3. The smallest absolute Gasteiger partial charge is 0.300 e. The Morgan fingerprint density at radius 2 is 2.06 bits per heavy atom. The Balaban J connectivity index is 3.08. The monoisotopic (exact) mass is 360 g/mol. The Morgan fingerprint density at radius 3 is 2.56 bits per heavy atom. The number of ketones is 1. The lowest BCUT2D eigenvalue weighted by molar-refractivity contribution is -0.116. The molecule has 1 aromatic rings. The van der Waals surface area contributed by atoms with Gasteiger partial charge in [-0.3, -0.25) is 4.79 Å². The first-order valence-corrected chi connectivity index (χ1v) is 6.21. The summed E-state index contributed by atoms with van der Waals surface area (Å²) in [4.78, 5) is 11.1. The van der Waals surface area contributed by atoms with Crippen LogP contribution in [0.15, 0.2) is 23.1 Å². The highest BCUT2D eigenvalue weighted by molar-refractivity contribution is 14.1. The molecule has 88 valence electrons. The van der Waals surface area contributed by atoms with Crippen molar-refractivity contribution in [3.8, 4) is 0 Å². The molecule has 0 spiro atoms. The van der Waals surface area contributed by atoms with E-state index >= 15 is 0 Å². The van der Waals surface area contributed by atoms with Gasteiger partial charge in [-0.2, -0.15) is 13.2 Å². The molecule has 0 saturated heterocycles. The van der Waals surface area contributed by atoms with Gasteiger partial charge in [0.2, 0.25) is 0 Å². The zero-order chi connectivity index (χ0) is 12.3. The second kappa shape index (κ2) is 5.39. The molecular formula is C10H8F3IOS. The molecule has 0 aromatic heterocycles. The van der Waals surface area contributed by atoms with Crippen LogP contribution in [-0.2, 0) is 11.2 Å². The molecule has 0 saturated carbocycles. The molecule has 0 N–H and O–H groups in total. The number of benzene rings is 1. The van der Waals surface area contributed by atoms with Crippen LogP contribution < -0.4 is 0 Å². The van der Waals surface area contributed by atoms with E-state index in [2.05, 4.69) is 0 Å². The number of hydrogen-bond donors (Lipinski definition) is 0. The summed E-state index contributed by atoms with van der Waals surface area (Å²) in [5.41, 5.74) is -3.89. The van der Waals surface area contributed by atoms with Crippen molar-refractivity contribution < 1.29 is 18.0 Å². The average Bonchev–Trinajstić information content (AvgIpc) is 2.08. The van der Waals surface area contributed by atoms with Gasteiger partial charge in [0.15, 0.2) is 0 Å². The summed E-state index contributed by atoms with van der Waals surface area (Å²) in [6, 6.07) is 4.80. The zero-order valence-corrected chi connectivity index (χ0v) is 11.2. The maximum atomic E-state index is 12.3.